The molecule has 2 N–H and O–H groups in total. The van der Waals surface area contributed by atoms with Gasteiger partial charge in [0.05, 0.1) is 30.0 Å². The van der Waals surface area contributed by atoms with Gasteiger partial charge in [-0.3, -0.25) is 0 Å². The zero-order chi connectivity index (χ0) is 22.9. The molecule has 1 fully saturated rings. The summed E-state index contributed by atoms with van der Waals surface area (Å²) in [6.45, 7) is 8.60. The zero-order valence-corrected chi connectivity index (χ0v) is 20.2. The number of rotatable bonds is 5. The average molecular weight is 483 g/mol. The Morgan fingerprint density at radius 3 is 2.71 bits per heavy atom. The van der Waals surface area contributed by atoms with E-state index in [0.717, 1.165) is 45.9 Å². The topological polar surface area (TPSA) is 79.0 Å². The van der Waals surface area contributed by atoms with Gasteiger partial charge in [0.25, 0.3) is 0 Å². The van der Waals surface area contributed by atoms with Crippen LogP contribution in [-0.2, 0) is 4.74 Å². The number of anilines is 3. The summed E-state index contributed by atoms with van der Waals surface area (Å²) in [6, 6.07) is 8.46. The van der Waals surface area contributed by atoms with E-state index in [1.807, 2.05) is 18.5 Å². The Morgan fingerprint density at radius 1 is 1.18 bits per heavy atom. The number of nitrogens with zero attached hydrogens (tertiary/aromatic N) is 4. The third-order valence-electron chi connectivity index (χ3n) is 6.02. The van der Waals surface area contributed by atoms with E-state index in [1.165, 1.54) is 12.1 Å². The maximum atomic E-state index is 13.4. The largest absolute Gasteiger partial charge is 0.377 e. The van der Waals surface area contributed by atoms with Gasteiger partial charge in [-0.2, -0.15) is 0 Å². The summed E-state index contributed by atoms with van der Waals surface area (Å²) in [6.07, 6.45) is 5.64. The number of morpholine rings is 1. The lowest BCUT2D eigenvalue weighted by atomic mass is 10.1. The first-order chi connectivity index (χ1) is 16.0. The minimum Gasteiger partial charge on any atom is -0.377 e. The van der Waals surface area contributed by atoms with Crippen LogP contribution in [0.5, 0.6) is 0 Å². The first-order valence-electron chi connectivity index (χ1n) is 11.2. The Kier molecular flexibility index (Phi) is 7.00. The fourth-order valence-corrected chi connectivity index (χ4v) is 4.23. The van der Waals surface area contributed by atoms with Crippen molar-refractivity contribution in [1.29, 1.82) is 0 Å². The zero-order valence-electron chi connectivity index (χ0n) is 19.4. The summed E-state index contributed by atoms with van der Waals surface area (Å²) in [5, 5.41) is 4.57. The SMILES string of the molecule is CC(C)c1cnc(-c2ccc(F)cc2)nc1Nc1ccnc2[nH]cc(N3CCOCC3C)c12.Cl. The van der Waals surface area contributed by atoms with E-state index in [-0.39, 0.29) is 30.2 Å². The van der Waals surface area contributed by atoms with Crippen LogP contribution in [0, 0.1) is 5.82 Å². The maximum Gasteiger partial charge on any atom is 0.161 e. The molecule has 3 aromatic heterocycles. The van der Waals surface area contributed by atoms with Crippen LogP contribution in [0.25, 0.3) is 22.4 Å². The van der Waals surface area contributed by atoms with Gasteiger partial charge in [-0.1, -0.05) is 13.8 Å². The molecule has 1 saturated heterocycles. The molecule has 0 spiro atoms. The summed E-state index contributed by atoms with van der Waals surface area (Å²) in [5.41, 5.74) is 4.59. The van der Waals surface area contributed by atoms with Crippen LogP contribution >= 0.6 is 12.4 Å². The van der Waals surface area contributed by atoms with Gasteiger partial charge < -0.3 is 19.9 Å². The van der Waals surface area contributed by atoms with Gasteiger partial charge in [-0.25, -0.2) is 19.3 Å². The second kappa shape index (κ2) is 9.95. The molecule has 1 aromatic carbocycles. The van der Waals surface area contributed by atoms with Crippen LogP contribution in [0.15, 0.2) is 48.9 Å². The molecule has 0 radical (unpaired) electrons. The number of nitrogens with one attached hydrogen (secondary N) is 2. The van der Waals surface area contributed by atoms with Crippen LogP contribution in [0.3, 0.4) is 0 Å². The van der Waals surface area contributed by atoms with E-state index in [1.54, 1.807) is 18.3 Å². The Hall–Kier alpha value is -3.23. The predicted molar refractivity (Wildman–Crippen MR) is 136 cm³/mol. The molecule has 1 unspecified atom stereocenters. The fraction of sp³-hybridized carbons (Fsp3) is 0.320. The molecule has 0 bridgehead atoms. The molecule has 1 aliphatic heterocycles. The van der Waals surface area contributed by atoms with E-state index in [9.17, 15) is 4.39 Å². The monoisotopic (exact) mass is 482 g/mol. The van der Waals surface area contributed by atoms with Crippen molar-refractivity contribution in [1.82, 2.24) is 19.9 Å². The van der Waals surface area contributed by atoms with Crippen molar-refractivity contribution in [2.75, 3.05) is 30.0 Å². The van der Waals surface area contributed by atoms with Crippen molar-refractivity contribution >= 4 is 40.6 Å². The molecule has 4 heterocycles. The number of H-pyrrole nitrogens is 1. The highest BCUT2D eigenvalue weighted by Gasteiger charge is 2.24. The highest BCUT2D eigenvalue weighted by atomic mass is 35.5. The molecule has 34 heavy (non-hydrogen) atoms. The number of aromatic amines is 1. The third-order valence-corrected chi connectivity index (χ3v) is 6.02. The number of halogens is 2. The second-order valence-corrected chi connectivity index (χ2v) is 8.66. The molecule has 1 aliphatic rings. The summed E-state index contributed by atoms with van der Waals surface area (Å²) in [4.78, 5) is 19.6. The number of hydrogen-bond acceptors (Lipinski definition) is 6. The molecular formula is C25H28ClFN6O. The van der Waals surface area contributed by atoms with Gasteiger partial charge in [0.1, 0.15) is 17.3 Å². The van der Waals surface area contributed by atoms with Crippen LogP contribution in [0.1, 0.15) is 32.3 Å². The second-order valence-electron chi connectivity index (χ2n) is 8.66. The van der Waals surface area contributed by atoms with Crippen LogP contribution in [0.4, 0.5) is 21.6 Å². The van der Waals surface area contributed by atoms with Gasteiger partial charge in [0.15, 0.2) is 5.82 Å². The molecule has 0 aliphatic carbocycles. The van der Waals surface area contributed by atoms with Crippen molar-refractivity contribution in [3.63, 3.8) is 0 Å². The minimum absolute atomic E-state index is 0. The lowest BCUT2D eigenvalue weighted by Gasteiger charge is -2.35. The van der Waals surface area contributed by atoms with Crippen LogP contribution < -0.4 is 10.2 Å². The van der Waals surface area contributed by atoms with E-state index in [0.29, 0.717) is 19.0 Å². The maximum absolute atomic E-state index is 13.4. The van der Waals surface area contributed by atoms with Gasteiger partial charge >= 0.3 is 0 Å². The first-order valence-corrected chi connectivity index (χ1v) is 11.2. The lowest BCUT2D eigenvalue weighted by Crippen LogP contribution is -2.43. The average Bonchev–Trinajstić information content (AvgIpc) is 3.25. The van der Waals surface area contributed by atoms with Crippen molar-refractivity contribution in [2.24, 2.45) is 0 Å². The Morgan fingerprint density at radius 2 is 1.97 bits per heavy atom. The lowest BCUT2D eigenvalue weighted by molar-refractivity contribution is 0.0991. The Balaban J connectivity index is 0.00000274. The highest BCUT2D eigenvalue weighted by molar-refractivity contribution is 6.01. The minimum atomic E-state index is -0.285. The molecule has 178 valence electrons. The predicted octanol–water partition coefficient (Wildman–Crippen LogP) is 5.67. The number of benzene rings is 1. The number of hydrogen-bond donors (Lipinski definition) is 2. The molecule has 9 heteroatoms. The van der Waals surface area contributed by atoms with E-state index in [4.69, 9.17) is 9.72 Å². The van der Waals surface area contributed by atoms with Crippen LogP contribution in [-0.4, -0.2) is 45.7 Å². The first kappa shape index (κ1) is 23.9. The summed E-state index contributed by atoms with van der Waals surface area (Å²) < 4.78 is 19.0. The molecular weight excluding hydrogens is 455 g/mol. The summed E-state index contributed by atoms with van der Waals surface area (Å²) >= 11 is 0. The normalized spacial score (nSPS) is 16.0. The molecule has 1 atom stereocenters. The van der Waals surface area contributed by atoms with Gasteiger partial charge in [-0.15, -0.1) is 12.4 Å². The van der Waals surface area contributed by atoms with Gasteiger partial charge in [-0.05, 0) is 43.2 Å². The van der Waals surface area contributed by atoms with E-state index >= 15 is 0 Å². The summed E-state index contributed by atoms with van der Waals surface area (Å²) in [7, 11) is 0. The molecule has 5 rings (SSSR count). The Bertz CT molecular complexity index is 1280. The number of pyridine rings is 1. The van der Waals surface area contributed by atoms with Crippen LogP contribution in [0.2, 0.25) is 0 Å². The van der Waals surface area contributed by atoms with Crippen molar-refractivity contribution in [3.05, 3.63) is 60.3 Å². The standard InChI is InChI=1S/C25H27FN6O.ClH/c1-15(2)19-12-28-23(17-4-6-18(26)7-5-17)31-24(19)30-20-8-9-27-25-22(20)21(13-29-25)32-10-11-33-14-16(32)3;/h4-9,12-13,15-16H,10-11,14H2,1-3H3,(H2,27,28,29,30,31);1H. The van der Waals surface area contributed by atoms with Crippen molar-refractivity contribution in [3.8, 4) is 11.4 Å². The summed E-state index contributed by atoms with van der Waals surface area (Å²) in [5.74, 6) is 1.21. The van der Waals surface area contributed by atoms with Gasteiger partial charge in [0.2, 0.25) is 0 Å². The molecule has 0 saturated carbocycles. The van der Waals surface area contributed by atoms with Crippen molar-refractivity contribution in [2.45, 2.75) is 32.7 Å². The fourth-order valence-electron chi connectivity index (χ4n) is 4.23. The van der Waals surface area contributed by atoms with Gasteiger partial charge in [0, 0.05) is 42.3 Å². The number of fused-ring (bicyclic) bond motifs is 1. The van der Waals surface area contributed by atoms with E-state index in [2.05, 4.69) is 45.9 Å². The molecule has 0 amide bonds. The van der Waals surface area contributed by atoms with E-state index < -0.39 is 0 Å². The number of ether oxygens (including phenoxy) is 1. The Labute approximate surface area is 204 Å². The highest BCUT2D eigenvalue weighted by Crippen LogP contribution is 2.36. The molecule has 4 aromatic rings. The third kappa shape index (κ3) is 4.56. The smallest absolute Gasteiger partial charge is 0.161 e. The molecule has 7 nitrogen and oxygen atoms in total. The quantitative estimate of drug-likeness (QED) is 0.381. The number of aromatic nitrogens is 4. The van der Waals surface area contributed by atoms with Crippen molar-refractivity contribution < 1.29 is 9.13 Å².